The fourth-order valence-corrected chi connectivity index (χ4v) is 2.00. The van der Waals surface area contributed by atoms with Crippen molar-refractivity contribution in [1.82, 2.24) is 10.6 Å². The van der Waals surface area contributed by atoms with Crippen LogP contribution < -0.4 is 16.4 Å². The lowest BCUT2D eigenvalue weighted by molar-refractivity contribution is -0.125. The lowest BCUT2D eigenvalue weighted by Gasteiger charge is -2.08. The van der Waals surface area contributed by atoms with Crippen LogP contribution in [0, 0.1) is 0 Å². The van der Waals surface area contributed by atoms with Crippen LogP contribution in [0.5, 0.6) is 0 Å². The van der Waals surface area contributed by atoms with Crippen molar-refractivity contribution in [2.45, 2.75) is 6.42 Å². The SMILES string of the molecule is Cl.NCC(=O)NCC(=O)NCCc1c(Cl)cccc1Cl. The first-order valence-corrected chi connectivity index (χ1v) is 6.46. The molecule has 2 amide bonds. The first kappa shape index (κ1) is 19.0. The van der Waals surface area contributed by atoms with Crippen LogP contribution in [0.4, 0.5) is 0 Å². The van der Waals surface area contributed by atoms with E-state index in [2.05, 4.69) is 10.6 Å². The highest BCUT2D eigenvalue weighted by Crippen LogP contribution is 2.24. The van der Waals surface area contributed by atoms with Gasteiger partial charge >= 0.3 is 0 Å². The van der Waals surface area contributed by atoms with Crippen molar-refractivity contribution in [3.63, 3.8) is 0 Å². The molecule has 5 nitrogen and oxygen atoms in total. The van der Waals surface area contributed by atoms with Crippen molar-refractivity contribution in [3.05, 3.63) is 33.8 Å². The van der Waals surface area contributed by atoms with Crippen molar-refractivity contribution in [1.29, 1.82) is 0 Å². The van der Waals surface area contributed by atoms with Gasteiger partial charge in [0.25, 0.3) is 0 Å². The number of nitrogens with one attached hydrogen (secondary N) is 2. The lowest BCUT2D eigenvalue weighted by Crippen LogP contribution is -2.40. The molecule has 1 aromatic rings. The van der Waals surface area contributed by atoms with E-state index < -0.39 is 0 Å². The molecule has 0 unspecified atom stereocenters. The van der Waals surface area contributed by atoms with Crippen LogP contribution in [0.25, 0.3) is 0 Å². The van der Waals surface area contributed by atoms with E-state index in [0.29, 0.717) is 23.0 Å². The molecular formula is C12H16Cl3N3O2. The Morgan fingerprint density at radius 1 is 1.10 bits per heavy atom. The van der Waals surface area contributed by atoms with Crippen LogP contribution >= 0.6 is 35.6 Å². The first-order chi connectivity index (χ1) is 9.04. The van der Waals surface area contributed by atoms with Gasteiger partial charge < -0.3 is 16.4 Å². The van der Waals surface area contributed by atoms with Gasteiger partial charge in [0.2, 0.25) is 11.8 Å². The number of hydrogen-bond donors (Lipinski definition) is 3. The Morgan fingerprint density at radius 3 is 2.25 bits per heavy atom. The Balaban J connectivity index is 0.00000361. The monoisotopic (exact) mass is 339 g/mol. The third-order valence-electron chi connectivity index (χ3n) is 2.39. The molecule has 1 rings (SSSR count). The number of hydrogen-bond acceptors (Lipinski definition) is 3. The van der Waals surface area contributed by atoms with Crippen LogP contribution in [-0.4, -0.2) is 31.4 Å². The van der Waals surface area contributed by atoms with Gasteiger partial charge in [-0.15, -0.1) is 12.4 Å². The van der Waals surface area contributed by atoms with Crippen molar-refractivity contribution in [3.8, 4) is 0 Å². The van der Waals surface area contributed by atoms with Crippen LogP contribution in [0.1, 0.15) is 5.56 Å². The Morgan fingerprint density at radius 2 is 1.70 bits per heavy atom. The molecule has 20 heavy (non-hydrogen) atoms. The van der Waals surface area contributed by atoms with Crippen LogP contribution in [-0.2, 0) is 16.0 Å². The minimum atomic E-state index is -0.371. The van der Waals surface area contributed by atoms with Crippen LogP contribution in [0.3, 0.4) is 0 Å². The van der Waals surface area contributed by atoms with Gasteiger partial charge in [0.05, 0.1) is 13.1 Å². The lowest BCUT2D eigenvalue weighted by atomic mass is 10.1. The second-order valence-corrected chi connectivity index (χ2v) is 4.60. The molecule has 0 aliphatic rings. The standard InChI is InChI=1S/C12H15Cl2N3O2.ClH/c13-9-2-1-3-10(14)8(9)4-5-16-12(19)7-17-11(18)6-15;/h1-3H,4-7,15H2,(H,16,19)(H,17,18);1H. The van der Waals surface area contributed by atoms with Crippen molar-refractivity contribution in [2.24, 2.45) is 5.73 Å². The van der Waals surface area contributed by atoms with Crippen LogP contribution in [0.2, 0.25) is 10.0 Å². The molecule has 0 aliphatic heterocycles. The molecule has 0 spiro atoms. The van der Waals surface area contributed by atoms with E-state index in [0.717, 1.165) is 5.56 Å². The zero-order chi connectivity index (χ0) is 14.3. The Hall–Kier alpha value is -1.01. The predicted octanol–water partition coefficient (Wildman–Crippen LogP) is 1.15. The number of benzene rings is 1. The second-order valence-electron chi connectivity index (χ2n) is 3.78. The summed E-state index contributed by atoms with van der Waals surface area (Å²) in [6, 6.07) is 5.24. The van der Waals surface area contributed by atoms with Gasteiger partial charge in [-0.1, -0.05) is 29.3 Å². The zero-order valence-corrected chi connectivity index (χ0v) is 12.9. The maximum absolute atomic E-state index is 11.4. The van der Waals surface area contributed by atoms with Gasteiger partial charge in [0.15, 0.2) is 0 Å². The van der Waals surface area contributed by atoms with E-state index in [4.69, 9.17) is 28.9 Å². The van der Waals surface area contributed by atoms with Gasteiger partial charge in [0.1, 0.15) is 0 Å². The molecule has 4 N–H and O–H groups in total. The molecule has 1 aromatic carbocycles. The van der Waals surface area contributed by atoms with Gasteiger partial charge in [0, 0.05) is 16.6 Å². The number of amides is 2. The summed E-state index contributed by atoms with van der Waals surface area (Å²) in [5, 5.41) is 6.16. The number of nitrogens with two attached hydrogens (primary N) is 1. The van der Waals surface area contributed by atoms with E-state index in [1.807, 2.05) is 0 Å². The number of halogens is 3. The molecule has 0 saturated carbocycles. The molecule has 112 valence electrons. The summed E-state index contributed by atoms with van der Waals surface area (Å²) in [6.45, 7) is 0.162. The molecule has 8 heteroatoms. The minimum absolute atomic E-state index is 0. The average Bonchev–Trinajstić information content (AvgIpc) is 2.39. The third kappa shape index (κ3) is 6.43. The normalized spacial score (nSPS) is 9.55. The maximum Gasteiger partial charge on any atom is 0.239 e. The first-order valence-electron chi connectivity index (χ1n) is 5.71. The Kier molecular flexibility index (Phi) is 9.33. The summed E-state index contributed by atoms with van der Waals surface area (Å²) in [6.07, 6.45) is 0.523. The van der Waals surface area contributed by atoms with Gasteiger partial charge in [-0.25, -0.2) is 0 Å². The molecule has 0 saturated heterocycles. The molecule has 0 fully saturated rings. The second kappa shape index (κ2) is 9.83. The van der Waals surface area contributed by atoms with Crippen LogP contribution in [0.15, 0.2) is 18.2 Å². The van der Waals surface area contributed by atoms with Crippen molar-refractivity contribution >= 4 is 47.4 Å². The molecular weight excluding hydrogens is 325 g/mol. The molecule has 0 aromatic heterocycles. The molecule has 0 radical (unpaired) electrons. The maximum atomic E-state index is 11.4. The number of carbonyl (C=O) groups is 2. The fraction of sp³-hybridized carbons (Fsp3) is 0.333. The van der Waals surface area contributed by atoms with Gasteiger partial charge in [-0.3, -0.25) is 9.59 Å². The number of carbonyl (C=O) groups excluding carboxylic acids is 2. The largest absolute Gasteiger partial charge is 0.354 e. The average molecular weight is 341 g/mol. The highest BCUT2D eigenvalue weighted by atomic mass is 35.5. The molecule has 0 heterocycles. The van der Waals surface area contributed by atoms with E-state index in [1.165, 1.54) is 0 Å². The highest BCUT2D eigenvalue weighted by Gasteiger charge is 2.07. The summed E-state index contributed by atoms with van der Waals surface area (Å²) in [5.74, 6) is -0.658. The summed E-state index contributed by atoms with van der Waals surface area (Å²) in [4.78, 5) is 22.2. The van der Waals surface area contributed by atoms with E-state index >= 15 is 0 Å². The quantitative estimate of drug-likeness (QED) is 0.726. The van der Waals surface area contributed by atoms with Gasteiger partial charge in [-0.05, 0) is 24.1 Å². The summed E-state index contributed by atoms with van der Waals surface area (Å²) >= 11 is 12.0. The minimum Gasteiger partial charge on any atom is -0.354 e. The summed E-state index contributed by atoms with van der Waals surface area (Å²) < 4.78 is 0. The smallest absolute Gasteiger partial charge is 0.239 e. The molecule has 0 bridgehead atoms. The topological polar surface area (TPSA) is 84.2 Å². The molecule has 0 aliphatic carbocycles. The Labute approximate surface area is 133 Å². The zero-order valence-electron chi connectivity index (χ0n) is 10.6. The molecule has 0 atom stereocenters. The van der Waals surface area contributed by atoms with Gasteiger partial charge in [-0.2, -0.15) is 0 Å². The highest BCUT2D eigenvalue weighted by molar-refractivity contribution is 6.35. The fourth-order valence-electron chi connectivity index (χ4n) is 1.41. The van der Waals surface area contributed by atoms with E-state index in [9.17, 15) is 9.59 Å². The number of rotatable bonds is 6. The van der Waals surface area contributed by atoms with E-state index in [-0.39, 0.29) is 37.3 Å². The van der Waals surface area contributed by atoms with E-state index in [1.54, 1.807) is 18.2 Å². The summed E-state index contributed by atoms with van der Waals surface area (Å²) in [7, 11) is 0. The van der Waals surface area contributed by atoms with Crippen molar-refractivity contribution in [2.75, 3.05) is 19.6 Å². The Bertz CT molecular complexity index is 449. The predicted molar refractivity (Wildman–Crippen MR) is 82.5 cm³/mol. The van der Waals surface area contributed by atoms with Crippen molar-refractivity contribution < 1.29 is 9.59 Å². The summed E-state index contributed by atoms with van der Waals surface area (Å²) in [5.41, 5.74) is 5.88. The third-order valence-corrected chi connectivity index (χ3v) is 3.10.